The molecule has 1 amide bonds. The van der Waals surface area contributed by atoms with Crippen LogP contribution in [0.25, 0.3) is 11.0 Å². The molecule has 1 aliphatic carbocycles. The number of imidazole rings is 1. The largest absolute Gasteiger partial charge is 0.349 e. The van der Waals surface area contributed by atoms with E-state index >= 15 is 0 Å². The van der Waals surface area contributed by atoms with Crippen LogP contribution >= 0.6 is 15.9 Å². The van der Waals surface area contributed by atoms with E-state index in [1.165, 1.54) is 0 Å². The normalized spacial score (nSPS) is 18.0. The molecule has 0 spiro atoms. The van der Waals surface area contributed by atoms with Crippen molar-refractivity contribution in [1.82, 2.24) is 15.3 Å². The minimum atomic E-state index is 0.106. The van der Waals surface area contributed by atoms with Crippen molar-refractivity contribution in [3.05, 3.63) is 40.6 Å². The molecule has 0 aliphatic heterocycles. The number of nitrogens with zero attached hydrogens (tertiary/aromatic N) is 1. The van der Waals surface area contributed by atoms with Crippen molar-refractivity contribution in [2.75, 3.05) is 0 Å². The van der Waals surface area contributed by atoms with Crippen molar-refractivity contribution in [3.8, 4) is 0 Å². The van der Waals surface area contributed by atoms with Gasteiger partial charge in [0.25, 0.3) is 0 Å². The molecule has 0 fully saturated rings. The average Bonchev–Trinajstić information content (AvgIpc) is 2.91. The molecule has 0 saturated carbocycles. The van der Waals surface area contributed by atoms with Gasteiger partial charge in [0.2, 0.25) is 5.91 Å². The SMILES string of the molecule is O=C(CC1CC=CCC1)NCc1nc2c(Br)cccc2[nH]1. The standard InChI is InChI=1S/C16H18BrN3O/c17-12-7-4-8-13-16(12)20-14(19-13)10-18-15(21)9-11-5-2-1-3-6-11/h1-2,4,7-8,11H,3,5-6,9-10H2,(H,18,21)(H,19,20). The van der Waals surface area contributed by atoms with Crippen molar-refractivity contribution in [2.45, 2.75) is 32.2 Å². The first-order valence-corrected chi connectivity index (χ1v) is 8.06. The summed E-state index contributed by atoms with van der Waals surface area (Å²) in [5, 5.41) is 2.95. The highest BCUT2D eigenvalue weighted by atomic mass is 79.9. The highest BCUT2D eigenvalue weighted by Crippen LogP contribution is 2.22. The van der Waals surface area contributed by atoms with Crippen LogP contribution in [-0.4, -0.2) is 15.9 Å². The second-order valence-electron chi connectivity index (χ2n) is 5.45. The minimum Gasteiger partial charge on any atom is -0.349 e. The molecule has 4 nitrogen and oxygen atoms in total. The van der Waals surface area contributed by atoms with Gasteiger partial charge in [-0.25, -0.2) is 4.98 Å². The lowest BCUT2D eigenvalue weighted by Crippen LogP contribution is -2.25. The molecule has 0 radical (unpaired) electrons. The van der Waals surface area contributed by atoms with E-state index < -0.39 is 0 Å². The van der Waals surface area contributed by atoms with E-state index in [-0.39, 0.29) is 5.91 Å². The molecule has 2 N–H and O–H groups in total. The number of hydrogen-bond donors (Lipinski definition) is 2. The molecule has 1 unspecified atom stereocenters. The molecule has 110 valence electrons. The van der Waals surface area contributed by atoms with Crippen molar-refractivity contribution >= 4 is 32.9 Å². The Kier molecular flexibility index (Phi) is 4.39. The lowest BCUT2D eigenvalue weighted by molar-refractivity contribution is -0.122. The second kappa shape index (κ2) is 6.43. The summed E-state index contributed by atoms with van der Waals surface area (Å²) in [5.74, 6) is 1.38. The molecule has 3 rings (SSSR count). The van der Waals surface area contributed by atoms with Gasteiger partial charge in [-0.3, -0.25) is 4.79 Å². The van der Waals surface area contributed by atoms with Gasteiger partial charge in [-0.15, -0.1) is 0 Å². The Labute approximate surface area is 132 Å². The first kappa shape index (κ1) is 14.3. The first-order chi connectivity index (χ1) is 10.2. The fourth-order valence-electron chi connectivity index (χ4n) is 2.69. The zero-order valence-corrected chi connectivity index (χ0v) is 13.3. The third-order valence-corrected chi connectivity index (χ3v) is 4.46. The second-order valence-corrected chi connectivity index (χ2v) is 6.31. The number of carbonyl (C=O) groups is 1. The number of halogens is 1. The Balaban J connectivity index is 1.57. The van der Waals surface area contributed by atoms with Gasteiger partial charge in [-0.2, -0.15) is 0 Å². The Morgan fingerprint density at radius 1 is 1.43 bits per heavy atom. The fraction of sp³-hybridized carbons (Fsp3) is 0.375. The number of benzene rings is 1. The molecule has 1 aromatic carbocycles. The summed E-state index contributed by atoms with van der Waals surface area (Å²) in [6, 6.07) is 5.90. The Hall–Kier alpha value is -1.62. The van der Waals surface area contributed by atoms with Crippen LogP contribution in [-0.2, 0) is 11.3 Å². The van der Waals surface area contributed by atoms with Crippen molar-refractivity contribution in [2.24, 2.45) is 5.92 Å². The summed E-state index contributed by atoms with van der Waals surface area (Å²) in [6.45, 7) is 0.447. The number of nitrogens with one attached hydrogen (secondary N) is 2. The Bertz CT molecular complexity index is 677. The van der Waals surface area contributed by atoms with Gasteiger partial charge in [-0.1, -0.05) is 18.2 Å². The van der Waals surface area contributed by atoms with Crippen LogP contribution < -0.4 is 5.32 Å². The lowest BCUT2D eigenvalue weighted by atomic mass is 9.91. The molecular formula is C16H18BrN3O. The lowest BCUT2D eigenvalue weighted by Gasteiger charge is -2.16. The topological polar surface area (TPSA) is 57.8 Å². The van der Waals surface area contributed by atoms with Gasteiger partial charge >= 0.3 is 0 Å². The number of aromatic nitrogens is 2. The van der Waals surface area contributed by atoms with E-state index in [1.54, 1.807) is 0 Å². The van der Waals surface area contributed by atoms with Crippen LogP contribution in [0.5, 0.6) is 0 Å². The molecule has 5 heteroatoms. The number of allylic oxidation sites excluding steroid dienone is 2. The molecule has 0 saturated heterocycles. The van der Waals surface area contributed by atoms with E-state index in [1.807, 2.05) is 18.2 Å². The molecule has 1 aliphatic rings. The zero-order chi connectivity index (χ0) is 14.7. The van der Waals surface area contributed by atoms with Crippen LogP contribution in [0.15, 0.2) is 34.8 Å². The van der Waals surface area contributed by atoms with Crippen LogP contribution in [0, 0.1) is 5.92 Å². The average molecular weight is 348 g/mol. The number of rotatable bonds is 4. The van der Waals surface area contributed by atoms with E-state index in [4.69, 9.17) is 0 Å². The molecule has 21 heavy (non-hydrogen) atoms. The molecule has 1 heterocycles. The van der Waals surface area contributed by atoms with Gasteiger partial charge in [0, 0.05) is 10.9 Å². The maximum Gasteiger partial charge on any atom is 0.220 e. The zero-order valence-electron chi connectivity index (χ0n) is 11.7. The summed E-state index contributed by atoms with van der Waals surface area (Å²) < 4.78 is 0.961. The molecule has 0 bridgehead atoms. The number of fused-ring (bicyclic) bond motifs is 1. The van der Waals surface area contributed by atoms with Gasteiger partial charge in [0.1, 0.15) is 11.3 Å². The fourth-order valence-corrected chi connectivity index (χ4v) is 3.15. The van der Waals surface area contributed by atoms with E-state index in [2.05, 4.69) is 43.4 Å². The molecule has 1 atom stereocenters. The third-order valence-electron chi connectivity index (χ3n) is 3.82. The number of hydrogen-bond acceptors (Lipinski definition) is 2. The monoisotopic (exact) mass is 347 g/mol. The quantitative estimate of drug-likeness (QED) is 0.828. The Morgan fingerprint density at radius 2 is 2.33 bits per heavy atom. The first-order valence-electron chi connectivity index (χ1n) is 7.27. The number of carbonyl (C=O) groups excluding carboxylic acids is 1. The maximum atomic E-state index is 12.0. The van der Waals surface area contributed by atoms with Crippen molar-refractivity contribution < 1.29 is 4.79 Å². The maximum absolute atomic E-state index is 12.0. The molecular weight excluding hydrogens is 330 g/mol. The van der Waals surface area contributed by atoms with Crippen molar-refractivity contribution in [3.63, 3.8) is 0 Å². The van der Waals surface area contributed by atoms with Crippen LogP contribution in [0.2, 0.25) is 0 Å². The summed E-state index contributed by atoms with van der Waals surface area (Å²) in [5.41, 5.74) is 1.88. The van der Waals surface area contributed by atoms with Gasteiger partial charge in [0.15, 0.2) is 0 Å². The third kappa shape index (κ3) is 3.53. The van der Waals surface area contributed by atoms with Gasteiger partial charge < -0.3 is 10.3 Å². The highest BCUT2D eigenvalue weighted by molar-refractivity contribution is 9.10. The minimum absolute atomic E-state index is 0.106. The smallest absolute Gasteiger partial charge is 0.220 e. The summed E-state index contributed by atoms with van der Waals surface area (Å²) in [4.78, 5) is 19.7. The number of H-pyrrole nitrogens is 1. The summed E-state index contributed by atoms with van der Waals surface area (Å²) in [7, 11) is 0. The van der Waals surface area contributed by atoms with E-state index in [0.717, 1.165) is 40.6 Å². The highest BCUT2D eigenvalue weighted by Gasteiger charge is 2.14. The summed E-state index contributed by atoms with van der Waals surface area (Å²) in [6.07, 6.45) is 8.20. The summed E-state index contributed by atoms with van der Waals surface area (Å²) >= 11 is 3.48. The van der Waals surface area contributed by atoms with Crippen LogP contribution in [0.4, 0.5) is 0 Å². The van der Waals surface area contributed by atoms with Gasteiger partial charge in [-0.05, 0) is 53.2 Å². The predicted octanol–water partition coefficient (Wildman–Crippen LogP) is 3.69. The number of amides is 1. The molecule has 1 aromatic heterocycles. The number of para-hydroxylation sites is 1. The van der Waals surface area contributed by atoms with Crippen LogP contribution in [0.1, 0.15) is 31.5 Å². The van der Waals surface area contributed by atoms with E-state index in [0.29, 0.717) is 18.9 Å². The molecule has 2 aromatic rings. The van der Waals surface area contributed by atoms with Gasteiger partial charge in [0.05, 0.1) is 12.1 Å². The Morgan fingerprint density at radius 3 is 3.10 bits per heavy atom. The van der Waals surface area contributed by atoms with E-state index in [9.17, 15) is 4.79 Å². The number of aromatic amines is 1. The van der Waals surface area contributed by atoms with Crippen LogP contribution in [0.3, 0.4) is 0 Å². The predicted molar refractivity (Wildman–Crippen MR) is 86.7 cm³/mol. The van der Waals surface area contributed by atoms with Crippen molar-refractivity contribution in [1.29, 1.82) is 0 Å².